The summed E-state index contributed by atoms with van der Waals surface area (Å²) in [6.07, 6.45) is 0. The zero-order chi connectivity index (χ0) is 14.3. The highest BCUT2D eigenvalue weighted by molar-refractivity contribution is 5.81. The summed E-state index contributed by atoms with van der Waals surface area (Å²) in [4.78, 5) is 13.6. The number of likely N-dealkylation sites (N-methyl/N-ethyl adjacent to an activating group) is 1. The fraction of sp³-hybridized carbons (Fsp3) is 0.500. The quantitative estimate of drug-likeness (QED) is 0.710. The predicted octanol–water partition coefficient (Wildman–Crippen LogP) is 0.653. The molecule has 5 nitrogen and oxygen atoms in total. The second-order valence-corrected chi connectivity index (χ2v) is 4.52. The van der Waals surface area contributed by atoms with Crippen molar-refractivity contribution in [2.45, 2.75) is 13.5 Å². The molecule has 0 heterocycles. The van der Waals surface area contributed by atoms with Gasteiger partial charge in [-0.15, -0.1) is 0 Å². The molecule has 106 valence electrons. The standard InChI is InChI=1S/C14H23N3O2/c1-11-8-12(9-15)4-5-13(11)17(2)10-14(18)16-6-7-19-3/h4-5,8H,6-7,9-10,15H2,1-3H3,(H,16,18). The van der Waals surface area contributed by atoms with Crippen molar-refractivity contribution in [3.05, 3.63) is 29.3 Å². The summed E-state index contributed by atoms with van der Waals surface area (Å²) >= 11 is 0. The molecule has 5 heteroatoms. The first-order chi connectivity index (χ1) is 9.08. The van der Waals surface area contributed by atoms with Crippen LogP contribution in [0.4, 0.5) is 5.69 Å². The van der Waals surface area contributed by atoms with Gasteiger partial charge in [0.1, 0.15) is 0 Å². The Balaban J connectivity index is 2.57. The van der Waals surface area contributed by atoms with Gasteiger partial charge in [0.05, 0.1) is 13.2 Å². The highest BCUT2D eigenvalue weighted by Crippen LogP contribution is 2.19. The summed E-state index contributed by atoms with van der Waals surface area (Å²) in [5.74, 6) is -0.0122. The van der Waals surface area contributed by atoms with Crippen molar-refractivity contribution in [1.29, 1.82) is 0 Å². The molecule has 0 aliphatic heterocycles. The molecule has 0 fully saturated rings. The van der Waals surface area contributed by atoms with Gasteiger partial charge < -0.3 is 20.7 Å². The van der Waals surface area contributed by atoms with Crippen molar-refractivity contribution in [3.63, 3.8) is 0 Å². The van der Waals surface area contributed by atoms with Crippen LogP contribution >= 0.6 is 0 Å². The van der Waals surface area contributed by atoms with Gasteiger partial charge in [0.15, 0.2) is 0 Å². The maximum Gasteiger partial charge on any atom is 0.239 e. The predicted molar refractivity (Wildman–Crippen MR) is 77.2 cm³/mol. The van der Waals surface area contributed by atoms with Gasteiger partial charge in [-0.1, -0.05) is 12.1 Å². The topological polar surface area (TPSA) is 67.6 Å². The second-order valence-electron chi connectivity index (χ2n) is 4.52. The maximum atomic E-state index is 11.7. The Morgan fingerprint density at radius 2 is 2.21 bits per heavy atom. The average Bonchev–Trinajstić information content (AvgIpc) is 2.38. The summed E-state index contributed by atoms with van der Waals surface area (Å²) in [6.45, 7) is 3.94. The fourth-order valence-corrected chi connectivity index (χ4v) is 1.92. The van der Waals surface area contributed by atoms with E-state index < -0.39 is 0 Å². The minimum atomic E-state index is -0.0122. The Hall–Kier alpha value is -1.59. The molecule has 1 aromatic rings. The number of anilines is 1. The molecule has 19 heavy (non-hydrogen) atoms. The van der Waals surface area contributed by atoms with Crippen molar-refractivity contribution < 1.29 is 9.53 Å². The number of nitrogens with zero attached hydrogens (tertiary/aromatic N) is 1. The number of nitrogens with two attached hydrogens (primary N) is 1. The number of hydrogen-bond donors (Lipinski definition) is 2. The smallest absolute Gasteiger partial charge is 0.239 e. The molecule has 0 radical (unpaired) electrons. The summed E-state index contributed by atoms with van der Waals surface area (Å²) in [7, 11) is 3.51. The largest absolute Gasteiger partial charge is 0.383 e. The van der Waals surface area contributed by atoms with E-state index >= 15 is 0 Å². The average molecular weight is 265 g/mol. The van der Waals surface area contributed by atoms with E-state index in [1.807, 2.05) is 31.0 Å². The van der Waals surface area contributed by atoms with E-state index in [4.69, 9.17) is 10.5 Å². The number of carbonyl (C=O) groups is 1. The van der Waals surface area contributed by atoms with Crippen LogP contribution in [0.2, 0.25) is 0 Å². The van der Waals surface area contributed by atoms with Gasteiger partial charge in [0.2, 0.25) is 5.91 Å². The van der Waals surface area contributed by atoms with E-state index in [9.17, 15) is 4.79 Å². The van der Waals surface area contributed by atoms with Crippen LogP contribution in [0.1, 0.15) is 11.1 Å². The molecule has 0 bridgehead atoms. The molecule has 0 aliphatic rings. The minimum absolute atomic E-state index is 0.0122. The Bertz CT molecular complexity index is 421. The number of ether oxygens (including phenoxy) is 1. The van der Waals surface area contributed by atoms with Gasteiger partial charge in [-0.25, -0.2) is 0 Å². The first-order valence-corrected chi connectivity index (χ1v) is 6.35. The van der Waals surface area contributed by atoms with Crippen LogP contribution in [0.5, 0.6) is 0 Å². The first kappa shape index (κ1) is 15.5. The summed E-state index contributed by atoms with van der Waals surface area (Å²) < 4.78 is 4.89. The monoisotopic (exact) mass is 265 g/mol. The molecular formula is C14H23N3O2. The number of aryl methyl sites for hydroxylation is 1. The first-order valence-electron chi connectivity index (χ1n) is 6.35. The van der Waals surface area contributed by atoms with Crippen LogP contribution in [0.15, 0.2) is 18.2 Å². The number of amides is 1. The normalized spacial score (nSPS) is 10.3. The number of methoxy groups -OCH3 is 1. The van der Waals surface area contributed by atoms with Gasteiger partial charge in [-0.3, -0.25) is 4.79 Å². The van der Waals surface area contributed by atoms with Gasteiger partial charge in [-0.05, 0) is 24.1 Å². The number of nitrogens with one attached hydrogen (secondary N) is 1. The number of rotatable bonds is 7. The van der Waals surface area contributed by atoms with Crippen LogP contribution in [-0.4, -0.2) is 39.8 Å². The van der Waals surface area contributed by atoms with Crippen molar-refractivity contribution in [2.24, 2.45) is 5.73 Å². The van der Waals surface area contributed by atoms with Crippen molar-refractivity contribution in [2.75, 3.05) is 38.8 Å². The lowest BCUT2D eigenvalue weighted by molar-refractivity contribution is -0.119. The molecule has 1 rings (SSSR count). The molecule has 0 saturated carbocycles. The van der Waals surface area contributed by atoms with Gasteiger partial charge in [0, 0.05) is 32.9 Å². The molecule has 0 aliphatic carbocycles. The second kappa shape index (κ2) is 7.76. The molecule has 0 unspecified atom stereocenters. The molecule has 0 aromatic heterocycles. The van der Waals surface area contributed by atoms with Crippen LogP contribution in [0.3, 0.4) is 0 Å². The van der Waals surface area contributed by atoms with Crippen LogP contribution in [0, 0.1) is 6.92 Å². The third kappa shape index (κ3) is 4.89. The molecule has 0 atom stereocenters. The maximum absolute atomic E-state index is 11.7. The highest BCUT2D eigenvalue weighted by Gasteiger charge is 2.09. The molecular weight excluding hydrogens is 242 g/mol. The van der Waals surface area contributed by atoms with Crippen LogP contribution in [-0.2, 0) is 16.1 Å². The lowest BCUT2D eigenvalue weighted by atomic mass is 10.1. The third-order valence-electron chi connectivity index (χ3n) is 2.92. The molecule has 0 spiro atoms. The Morgan fingerprint density at radius 3 is 2.79 bits per heavy atom. The number of hydrogen-bond acceptors (Lipinski definition) is 4. The van der Waals surface area contributed by atoms with E-state index in [-0.39, 0.29) is 5.91 Å². The molecule has 0 saturated heterocycles. The number of carbonyl (C=O) groups excluding carboxylic acids is 1. The molecule has 1 amide bonds. The minimum Gasteiger partial charge on any atom is -0.383 e. The van der Waals surface area contributed by atoms with E-state index in [0.29, 0.717) is 26.2 Å². The summed E-state index contributed by atoms with van der Waals surface area (Å²) in [5.41, 5.74) is 8.86. The SMILES string of the molecule is COCCNC(=O)CN(C)c1ccc(CN)cc1C. The van der Waals surface area contributed by atoms with E-state index in [0.717, 1.165) is 16.8 Å². The Labute approximate surface area is 114 Å². The molecule has 3 N–H and O–H groups in total. The Morgan fingerprint density at radius 1 is 1.47 bits per heavy atom. The molecule has 1 aromatic carbocycles. The highest BCUT2D eigenvalue weighted by atomic mass is 16.5. The van der Waals surface area contributed by atoms with Crippen molar-refractivity contribution >= 4 is 11.6 Å². The van der Waals surface area contributed by atoms with Gasteiger partial charge >= 0.3 is 0 Å². The Kier molecular flexibility index (Phi) is 6.32. The van der Waals surface area contributed by atoms with Gasteiger partial charge in [-0.2, -0.15) is 0 Å². The van der Waals surface area contributed by atoms with E-state index in [1.54, 1.807) is 7.11 Å². The number of benzene rings is 1. The van der Waals surface area contributed by atoms with Crippen LogP contribution < -0.4 is 16.0 Å². The zero-order valence-corrected chi connectivity index (χ0v) is 11.9. The fourth-order valence-electron chi connectivity index (χ4n) is 1.92. The summed E-state index contributed by atoms with van der Waals surface area (Å²) in [5, 5.41) is 2.80. The van der Waals surface area contributed by atoms with Gasteiger partial charge in [0.25, 0.3) is 0 Å². The third-order valence-corrected chi connectivity index (χ3v) is 2.92. The van der Waals surface area contributed by atoms with Crippen molar-refractivity contribution in [3.8, 4) is 0 Å². The summed E-state index contributed by atoms with van der Waals surface area (Å²) in [6, 6.07) is 6.04. The van der Waals surface area contributed by atoms with Crippen molar-refractivity contribution in [1.82, 2.24) is 5.32 Å². The van der Waals surface area contributed by atoms with E-state index in [2.05, 4.69) is 11.4 Å². The van der Waals surface area contributed by atoms with E-state index in [1.165, 1.54) is 0 Å². The van der Waals surface area contributed by atoms with Crippen LogP contribution in [0.25, 0.3) is 0 Å². The lowest BCUT2D eigenvalue weighted by Gasteiger charge is -2.21. The zero-order valence-electron chi connectivity index (χ0n) is 11.9. The lowest BCUT2D eigenvalue weighted by Crippen LogP contribution is -2.36.